The lowest BCUT2D eigenvalue weighted by Crippen LogP contribution is -2.10. The molecule has 5 aromatic heterocycles. The van der Waals surface area contributed by atoms with Crippen LogP contribution >= 0.6 is 0 Å². The third-order valence-corrected chi connectivity index (χ3v) is 9.02. The Bertz CT molecular complexity index is 2640. The molecule has 5 heterocycles. The van der Waals surface area contributed by atoms with Crippen LogP contribution in [0.15, 0.2) is 134 Å². The Balaban J connectivity index is 1.18. The van der Waals surface area contributed by atoms with Crippen molar-refractivity contribution < 1.29 is 4.74 Å². The van der Waals surface area contributed by atoms with Gasteiger partial charge in [0.2, 0.25) is 0 Å². The van der Waals surface area contributed by atoms with Crippen LogP contribution in [0.4, 0.5) is 0 Å². The van der Waals surface area contributed by atoms with Crippen LogP contribution in [0.5, 0.6) is 11.5 Å². The Morgan fingerprint density at radius 2 is 1.32 bits per heavy atom. The van der Waals surface area contributed by atoms with Gasteiger partial charge in [0.05, 0.1) is 16.9 Å². The van der Waals surface area contributed by atoms with Gasteiger partial charge in [-0.1, -0.05) is 69.3 Å². The van der Waals surface area contributed by atoms with Crippen LogP contribution in [0.25, 0.3) is 66.3 Å². The SMILES string of the molecule is CC(C)(C)c1ccc2c3cccnc3n(-c3cccc(Oc4ccc5c6cccnc6n6cc(-c7ccccc7)nc6c5c4)c3)c2c1. The first-order valence-corrected chi connectivity index (χ1v) is 15.9. The summed E-state index contributed by atoms with van der Waals surface area (Å²) in [6.45, 7) is 6.74. The first kappa shape index (κ1) is 27.3. The van der Waals surface area contributed by atoms with Crippen LogP contribution in [0.2, 0.25) is 0 Å². The molecular weight excluding hydrogens is 578 g/mol. The zero-order valence-electron chi connectivity index (χ0n) is 26.3. The smallest absolute Gasteiger partial charge is 0.147 e. The summed E-state index contributed by atoms with van der Waals surface area (Å²) >= 11 is 0. The molecule has 0 atom stereocenters. The maximum atomic E-state index is 6.59. The van der Waals surface area contributed by atoms with Crippen molar-refractivity contribution in [2.24, 2.45) is 0 Å². The van der Waals surface area contributed by atoms with Crippen LogP contribution in [0.1, 0.15) is 26.3 Å². The van der Waals surface area contributed by atoms with Crippen LogP contribution in [-0.4, -0.2) is 23.9 Å². The molecule has 0 bridgehead atoms. The Hall–Kier alpha value is -6.01. The van der Waals surface area contributed by atoms with E-state index in [0.717, 1.165) is 72.4 Å². The fourth-order valence-corrected chi connectivity index (χ4v) is 6.68. The molecule has 0 aliphatic rings. The number of ether oxygens (including phenoxy) is 1. The fourth-order valence-electron chi connectivity index (χ4n) is 6.68. The van der Waals surface area contributed by atoms with Crippen molar-refractivity contribution in [1.29, 1.82) is 0 Å². The Kier molecular flexibility index (Phi) is 5.96. The molecule has 0 amide bonds. The highest BCUT2D eigenvalue weighted by Crippen LogP contribution is 2.37. The summed E-state index contributed by atoms with van der Waals surface area (Å²) in [7, 11) is 0. The summed E-state index contributed by atoms with van der Waals surface area (Å²) in [6.07, 6.45) is 5.76. The van der Waals surface area contributed by atoms with Gasteiger partial charge in [-0.15, -0.1) is 0 Å². The number of aromatic nitrogens is 5. The molecule has 9 aromatic rings. The van der Waals surface area contributed by atoms with Crippen molar-refractivity contribution >= 4 is 49.4 Å². The van der Waals surface area contributed by atoms with E-state index < -0.39 is 0 Å². The highest BCUT2D eigenvalue weighted by molar-refractivity contribution is 6.11. The highest BCUT2D eigenvalue weighted by atomic mass is 16.5. The van der Waals surface area contributed by atoms with Crippen LogP contribution in [0, 0.1) is 0 Å². The van der Waals surface area contributed by atoms with Crippen molar-refractivity contribution in [3.63, 3.8) is 0 Å². The van der Waals surface area contributed by atoms with Gasteiger partial charge in [-0.25, -0.2) is 15.0 Å². The van der Waals surface area contributed by atoms with E-state index in [0.29, 0.717) is 0 Å². The zero-order chi connectivity index (χ0) is 31.7. The third-order valence-electron chi connectivity index (χ3n) is 9.02. The molecular formula is C41H31N5O. The Labute approximate surface area is 271 Å². The zero-order valence-corrected chi connectivity index (χ0v) is 26.3. The predicted octanol–water partition coefficient (Wildman–Crippen LogP) is 10.3. The molecule has 6 heteroatoms. The monoisotopic (exact) mass is 609 g/mol. The van der Waals surface area contributed by atoms with Gasteiger partial charge >= 0.3 is 0 Å². The minimum atomic E-state index is 0.0213. The lowest BCUT2D eigenvalue weighted by atomic mass is 9.86. The average molecular weight is 610 g/mol. The van der Waals surface area contributed by atoms with Gasteiger partial charge in [-0.2, -0.15) is 0 Å². The van der Waals surface area contributed by atoms with Crippen LogP contribution in [0.3, 0.4) is 0 Å². The van der Waals surface area contributed by atoms with E-state index in [4.69, 9.17) is 19.7 Å². The topological polar surface area (TPSA) is 57.2 Å². The van der Waals surface area contributed by atoms with Gasteiger partial charge in [-0.05, 0) is 77.0 Å². The quantitative estimate of drug-likeness (QED) is 0.186. The molecule has 0 unspecified atom stereocenters. The van der Waals surface area contributed by atoms with E-state index >= 15 is 0 Å². The minimum absolute atomic E-state index is 0.0213. The number of hydrogen-bond acceptors (Lipinski definition) is 4. The number of hydrogen-bond donors (Lipinski definition) is 0. The van der Waals surface area contributed by atoms with Gasteiger partial charge in [-0.3, -0.25) is 8.97 Å². The summed E-state index contributed by atoms with van der Waals surface area (Å²) in [5.74, 6) is 1.48. The van der Waals surface area contributed by atoms with E-state index in [9.17, 15) is 0 Å². The first-order valence-electron chi connectivity index (χ1n) is 15.9. The maximum Gasteiger partial charge on any atom is 0.147 e. The van der Waals surface area contributed by atoms with E-state index in [2.05, 4.69) is 103 Å². The highest BCUT2D eigenvalue weighted by Gasteiger charge is 2.19. The molecule has 6 nitrogen and oxygen atoms in total. The first-order chi connectivity index (χ1) is 22.9. The second kappa shape index (κ2) is 10.3. The van der Waals surface area contributed by atoms with Gasteiger partial charge in [0.15, 0.2) is 0 Å². The van der Waals surface area contributed by atoms with Crippen molar-refractivity contribution in [2.75, 3.05) is 0 Å². The number of rotatable bonds is 4. The molecule has 0 saturated carbocycles. The number of pyridine rings is 3. The van der Waals surface area contributed by atoms with Crippen molar-refractivity contribution in [1.82, 2.24) is 23.9 Å². The van der Waals surface area contributed by atoms with Gasteiger partial charge in [0.25, 0.3) is 0 Å². The fraction of sp³-hybridized carbons (Fsp3) is 0.0976. The molecule has 0 spiro atoms. The van der Waals surface area contributed by atoms with Gasteiger partial charge in [0, 0.05) is 51.8 Å². The molecule has 226 valence electrons. The molecule has 0 aliphatic heterocycles. The van der Waals surface area contributed by atoms with E-state index in [1.54, 1.807) is 0 Å². The van der Waals surface area contributed by atoms with Gasteiger partial charge in [0.1, 0.15) is 28.4 Å². The second-order valence-corrected chi connectivity index (χ2v) is 13.1. The summed E-state index contributed by atoms with van der Waals surface area (Å²) in [6, 6.07) is 39.7. The minimum Gasteiger partial charge on any atom is -0.457 e. The normalized spacial score (nSPS) is 12.1. The van der Waals surface area contributed by atoms with Crippen molar-refractivity contribution in [3.05, 3.63) is 139 Å². The van der Waals surface area contributed by atoms with Crippen LogP contribution in [-0.2, 0) is 5.41 Å². The number of nitrogens with zero attached hydrogens (tertiary/aromatic N) is 5. The van der Waals surface area contributed by atoms with Crippen molar-refractivity contribution in [3.8, 4) is 28.4 Å². The van der Waals surface area contributed by atoms with Crippen molar-refractivity contribution in [2.45, 2.75) is 26.2 Å². The molecule has 47 heavy (non-hydrogen) atoms. The number of imidazole rings is 1. The lowest BCUT2D eigenvalue weighted by molar-refractivity contribution is 0.483. The van der Waals surface area contributed by atoms with E-state index in [-0.39, 0.29) is 5.41 Å². The molecule has 0 fully saturated rings. The van der Waals surface area contributed by atoms with E-state index in [1.807, 2.05) is 60.9 Å². The summed E-state index contributed by atoms with van der Waals surface area (Å²) < 4.78 is 10.9. The Morgan fingerprint density at radius 1 is 0.574 bits per heavy atom. The largest absolute Gasteiger partial charge is 0.457 e. The average Bonchev–Trinajstić information content (AvgIpc) is 3.69. The maximum absolute atomic E-state index is 6.59. The van der Waals surface area contributed by atoms with Gasteiger partial charge < -0.3 is 4.74 Å². The molecule has 0 N–H and O–H groups in total. The number of benzene rings is 4. The molecule has 9 rings (SSSR count). The molecule has 0 aliphatic carbocycles. The second-order valence-electron chi connectivity index (χ2n) is 13.1. The van der Waals surface area contributed by atoms with Crippen LogP contribution < -0.4 is 4.74 Å². The van der Waals surface area contributed by atoms with E-state index in [1.165, 1.54) is 10.9 Å². The predicted molar refractivity (Wildman–Crippen MR) is 191 cm³/mol. The number of fused-ring (bicyclic) bond motifs is 9. The molecule has 0 radical (unpaired) electrons. The summed E-state index contributed by atoms with van der Waals surface area (Å²) in [5, 5.41) is 5.46. The lowest BCUT2D eigenvalue weighted by Gasteiger charge is -2.19. The summed E-state index contributed by atoms with van der Waals surface area (Å²) in [5.41, 5.74) is 8.03. The Morgan fingerprint density at radius 3 is 2.13 bits per heavy atom. The molecule has 0 saturated heterocycles. The molecule has 4 aromatic carbocycles. The summed E-state index contributed by atoms with van der Waals surface area (Å²) in [4.78, 5) is 14.7. The third kappa shape index (κ3) is 4.44. The standard InChI is InChI=1S/C41H31N5O/c1-41(2,3)27-16-18-32-34-15-9-21-43-39(34)46(37(32)22-27)28-12-7-13-29(23-28)47-30-17-19-31-33-14-8-20-42-38(33)45-25-36(26-10-5-4-6-11-26)44-40(45)35(31)24-30/h4-25H,1-3H3.